The Bertz CT molecular complexity index is 1270. The number of carboxylic acids is 1. The molecular weight excluding hydrogens is 497 g/mol. The lowest BCUT2D eigenvalue weighted by atomic mass is 9.97. The van der Waals surface area contributed by atoms with Crippen LogP contribution in [0.4, 0.5) is 4.39 Å². The van der Waals surface area contributed by atoms with E-state index < -0.39 is 21.5 Å². The van der Waals surface area contributed by atoms with Crippen LogP contribution in [0.2, 0.25) is 0 Å². The van der Waals surface area contributed by atoms with Gasteiger partial charge in [0.15, 0.2) is 0 Å². The summed E-state index contributed by atoms with van der Waals surface area (Å²) in [6, 6.07) is 12.5. The Labute approximate surface area is 216 Å². The molecule has 37 heavy (non-hydrogen) atoms. The second kappa shape index (κ2) is 9.81. The summed E-state index contributed by atoms with van der Waals surface area (Å²) in [5.41, 5.74) is -0.126. The third-order valence-electron chi connectivity index (χ3n) is 8.29. The van der Waals surface area contributed by atoms with Gasteiger partial charge in [-0.15, -0.1) is 0 Å². The molecule has 2 atom stereocenters. The highest BCUT2D eigenvalue weighted by Gasteiger charge is 2.52. The standard InChI is InChI=1S/C27H32FN3O5S/c1-29-17-23-16-22(29)18-30(23)25(32)12-15-31(27(26(33)34)13-2-3-14-27)37(35,36)24-10-6-20(7-11-24)19-4-8-21(28)9-5-19/h4-11,22-23H,2-3,12-18H2,1H3,(H,33,34). The number of aliphatic carboxylic acids is 1. The highest BCUT2D eigenvalue weighted by molar-refractivity contribution is 7.89. The van der Waals surface area contributed by atoms with Crippen LogP contribution < -0.4 is 0 Å². The van der Waals surface area contributed by atoms with Gasteiger partial charge in [0.05, 0.1) is 4.90 Å². The summed E-state index contributed by atoms with van der Waals surface area (Å²) in [5, 5.41) is 10.2. The minimum absolute atomic E-state index is 0.0276. The average Bonchev–Trinajstić information content (AvgIpc) is 3.61. The Hall–Kier alpha value is -2.82. The largest absolute Gasteiger partial charge is 0.480 e. The summed E-state index contributed by atoms with van der Waals surface area (Å²) < 4.78 is 42.2. The Morgan fingerprint density at radius 2 is 1.59 bits per heavy atom. The van der Waals surface area contributed by atoms with E-state index in [2.05, 4.69) is 4.90 Å². The molecule has 2 unspecified atom stereocenters. The molecule has 2 aromatic carbocycles. The fraction of sp³-hybridized carbons (Fsp3) is 0.481. The van der Waals surface area contributed by atoms with E-state index in [9.17, 15) is 27.5 Å². The van der Waals surface area contributed by atoms with Crippen molar-refractivity contribution >= 4 is 21.9 Å². The number of sulfonamides is 1. The third kappa shape index (κ3) is 4.66. The van der Waals surface area contributed by atoms with Crippen LogP contribution in [-0.4, -0.2) is 83.8 Å². The first-order chi connectivity index (χ1) is 17.6. The number of likely N-dealkylation sites (N-methyl/N-ethyl adjacent to an activating group) is 1. The number of halogens is 1. The maximum atomic E-state index is 13.9. The molecule has 1 aliphatic carbocycles. The second-order valence-corrected chi connectivity index (χ2v) is 12.3. The molecule has 1 N–H and O–H groups in total. The van der Waals surface area contributed by atoms with Crippen LogP contribution in [0.5, 0.6) is 0 Å². The number of carbonyl (C=O) groups excluding carboxylic acids is 1. The van der Waals surface area contributed by atoms with Gasteiger partial charge < -0.3 is 10.0 Å². The van der Waals surface area contributed by atoms with Gasteiger partial charge in [-0.2, -0.15) is 4.31 Å². The number of amides is 1. The molecule has 1 amide bonds. The molecule has 0 aromatic heterocycles. The number of carboxylic acid groups (broad SMARTS) is 1. The number of benzene rings is 2. The molecule has 2 bridgehead atoms. The Morgan fingerprint density at radius 3 is 2.11 bits per heavy atom. The first-order valence-electron chi connectivity index (χ1n) is 12.7. The monoisotopic (exact) mass is 529 g/mol. The summed E-state index contributed by atoms with van der Waals surface area (Å²) in [4.78, 5) is 29.7. The van der Waals surface area contributed by atoms with Gasteiger partial charge in [-0.05, 0) is 61.7 Å². The van der Waals surface area contributed by atoms with Crippen LogP contribution in [0, 0.1) is 5.82 Å². The predicted octanol–water partition coefficient (Wildman–Crippen LogP) is 3.19. The number of fused-ring (bicyclic) bond motifs is 2. The number of hydrogen-bond acceptors (Lipinski definition) is 5. The molecule has 10 heteroatoms. The SMILES string of the molecule is CN1CC2CC1CN2C(=O)CCN(C1(C(=O)O)CCCC1)S(=O)(=O)c1ccc(-c2ccc(F)cc2)cc1. The predicted molar refractivity (Wildman–Crippen MR) is 136 cm³/mol. The summed E-state index contributed by atoms with van der Waals surface area (Å²) in [5.74, 6) is -1.67. The van der Waals surface area contributed by atoms with Gasteiger partial charge in [-0.1, -0.05) is 37.1 Å². The molecule has 0 spiro atoms. The van der Waals surface area contributed by atoms with E-state index in [4.69, 9.17) is 0 Å². The van der Waals surface area contributed by atoms with Crippen LogP contribution in [0.1, 0.15) is 38.5 Å². The topological polar surface area (TPSA) is 98.2 Å². The molecule has 3 fully saturated rings. The van der Waals surface area contributed by atoms with E-state index in [1.54, 1.807) is 24.3 Å². The minimum Gasteiger partial charge on any atom is -0.480 e. The molecule has 1 saturated carbocycles. The zero-order chi connectivity index (χ0) is 26.4. The van der Waals surface area contributed by atoms with Crippen molar-refractivity contribution in [2.45, 2.75) is 61.0 Å². The molecule has 2 heterocycles. The zero-order valence-corrected chi connectivity index (χ0v) is 21.7. The maximum Gasteiger partial charge on any atom is 0.325 e. The van der Waals surface area contributed by atoms with E-state index in [0.29, 0.717) is 31.0 Å². The number of likely N-dealkylation sites (tertiary alicyclic amines) is 2. The normalized spacial score (nSPS) is 23.2. The van der Waals surface area contributed by atoms with Gasteiger partial charge in [0.1, 0.15) is 11.4 Å². The van der Waals surface area contributed by atoms with Gasteiger partial charge in [0, 0.05) is 38.1 Å². The van der Waals surface area contributed by atoms with Crippen molar-refractivity contribution in [2.24, 2.45) is 0 Å². The first-order valence-corrected chi connectivity index (χ1v) is 14.2. The fourth-order valence-electron chi connectivity index (χ4n) is 6.20. The number of hydrogen-bond donors (Lipinski definition) is 1. The number of nitrogens with zero attached hydrogens (tertiary/aromatic N) is 3. The van der Waals surface area contributed by atoms with Crippen molar-refractivity contribution in [3.8, 4) is 11.1 Å². The van der Waals surface area contributed by atoms with Crippen LogP contribution in [0.25, 0.3) is 11.1 Å². The maximum absolute atomic E-state index is 13.9. The van der Waals surface area contributed by atoms with Gasteiger partial charge in [0.25, 0.3) is 0 Å². The zero-order valence-electron chi connectivity index (χ0n) is 20.8. The molecule has 5 rings (SSSR count). The van der Waals surface area contributed by atoms with Crippen LogP contribution in [0.3, 0.4) is 0 Å². The lowest BCUT2D eigenvalue weighted by Crippen LogP contribution is -2.56. The lowest BCUT2D eigenvalue weighted by molar-refractivity contribution is -0.149. The summed E-state index contributed by atoms with van der Waals surface area (Å²) in [7, 11) is -2.18. The number of rotatable bonds is 8. The van der Waals surface area contributed by atoms with Crippen molar-refractivity contribution in [1.29, 1.82) is 0 Å². The molecule has 0 radical (unpaired) electrons. The van der Waals surface area contributed by atoms with Gasteiger partial charge in [-0.25, -0.2) is 12.8 Å². The van der Waals surface area contributed by atoms with Crippen molar-refractivity contribution in [1.82, 2.24) is 14.1 Å². The Balaban J connectivity index is 1.41. The number of piperazine rings is 1. The van der Waals surface area contributed by atoms with Crippen molar-refractivity contribution in [3.63, 3.8) is 0 Å². The third-order valence-corrected chi connectivity index (χ3v) is 10.3. The summed E-state index contributed by atoms with van der Waals surface area (Å²) >= 11 is 0. The second-order valence-electron chi connectivity index (χ2n) is 10.4. The van der Waals surface area contributed by atoms with Crippen LogP contribution >= 0.6 is 0 Å². The van der Waals surface area contributed by atoms with E-state index in [-0.39, 0.29) is 48.5 Å². The van der Waals surface area contributed by atoms with Crippen molar-refractivity contribution < 1.29 is 27.5 Å². The molecular formula is C27H32FN3O5S. The van der Waals surface area contributed by atoms with E-state index in [1.165, 1.54) is 24.3 Å². The van der Waals surface area contributed by atoms with E-state index >= 15 is 0 Å². The molecule has 3 aliphatic rings. The minimum atomic E-state index is -4.22. The Kier molecular flexibility index (Phi) is 6.84. The van der Waals surface area contributed by atoms with Crippen molar-refractivity contribution in [3.05, 3.63) is 54.3 Å². The first kappa shape index (κ1) is 25.8. The van der Waals surface area contributed by atoms with E-state index in [0.717, 1.165) is 22.8 Å². The van der Waals surface area contributed by atoms with Crippen molar-refractivity contribution in [2.75, 3.05) is 26.7 Å². The highest BCUT2D eigenvalue weighted by Crippen LogP contribution is 2.40. The van der Waals surface area contributed by atoms with Gasteiger partial charge in [-0.3, -0.25) is 14.5 Å². The van der Waals surface area contributed by atoms with Gasteiger partial charge >= 0.3 is 5.97 Å². The molecule has 2 aromatic rings. The lowest BCUT2D eigenvalue weighted by Gasteiger charge is -2.37. The fourth-order valence-corrected chi connectivity index (χ4v) is 7.98. The van der Waals surface area contributed by atoms with Crippen LogP contribution in [0.15, 0.2) is 53.4 Å². The van der Waals surface area contributed by atoms with Gasteiger partial charge in [0.2, 0.25) is 15.9 Å². The Morgan fingerprint density at radius 1 is 1.00 bits per heavy atom. The smallest absolute Gasteiger partial charge is 0.325 e. The number of carbonyl (C=O) groups is 2. The summed E-state index contributed by atoms with van der Waals surface area (Å²) in [6.45, 7) is 1.25. The average molecular weight is 530 g/mol. The molecule has 2 aliphatic heterocycles. The quantitative estimate of drug-likeness (QED) is 0.564. The molecule has 2 saturated heterocycles. The highest BCUT2D eigenvalue weighted by atomic mass is 32.2. The molecule has 198 valence electrons. The van der Waals surface area contributed by atoms with Crippen LogP contribution in [-0.2, 0) is 19.6 Å². The summed E-state index contributed by atoms with van der Waals surface area (Å²) in [6.07, 6.45) is 2.50. The molecule has 8 nitrogen and oxygen atoms in total. The van der Waals surface area contributed by atoms with E-state index in [1.807, 2.05) is 11.9 Å².